The summed E-state index contributed by atoms with van der Waals surface area (Å²) >= 11 is 0. The number of carboxylic acids is 1. The van der Waals surface area contributed by atoms with Crippen LogP contribution in [0.1, 0.15) is 79.1 Å². The van der Waals surface area contributed by atoms with Crippen LogP contribution in [-0.2, 0) is 4.79 Å². The maximum atomic E-state index is 12.3. The highest BCUT2D eigenvalue weighted by Gasteiger charge is 2.24. The van der Waals surface area contributed by atoms with Gasteiger partial charge in [0.25, 0.3) is 0 Å². The fourth-order valence-corrected chi connectivity index (χ4v) is 18.3. The molecule has 26 heavy (non-hydrogen) atoms. The number of carbonyl (C=O) groups is 1. The highest BCUT2D eigenvalue weighted by Crippen LogP contribution is 2.25. The summed E-state index contributed by atoms with van der Waals surface area (Å²) in [6, 6.07) is 5.44. The van der Waals surface area contributed by atoms with E-state index in [2.05, 4.69) is 27.7 Å². The first kappa shape index (κ1) is 26.1. The molecule has 0 rings (SSSR count). The van der Waals surface area contributed by atoms with Crippen LogP contribution in [0.3, 0.4) is 0 Å². The van der Waals surface area contributed by atoms with E-state index < -0.39 is 5.97 Å². The number of carboxylic acid groups (broad SMARTS) is 1. The number of hydrogen-bond acceptors (Lipinski definition) is 1. The lowest BCUT2D eigenvalue weighted by molar-refractivity contribution is -0.132. The Bertz CT molecular complexity index is 364. The van der Waals surface area contributed by atoms with Crippen molar-refractivity contribution < 1.29 is 9.90 Å². The Labute approximate surface area is 172 Å². The fraction of sp³-hybridized carbons (Fsp3) is 0.850. The average Bonchev–Trinajstić information content (AvgIpc) is 2.61. The zero-order chi connectivity index (χ0) is 19.6. The van der Waals surface area contributed by atoms with Crippen molar-refractivity contribution in [3.63, 3.8) is 0 Å². The Hall–Kier alpha value is 0.0775. The average molecular weight is 431 g/mol. The quantitative estimate of drug-likeness (QED) is 0.205. The molecule has 0 aromatic rings. The summed E-state index contributed by atoms with van der Waals surface area (Å²) < 4.78 is 0. The van der Waals surface area contributed by atoms with Crippen LogP contribution in [0, 0.1) is 0 Å². The Morgan fingerprint density at radius 3 is 1.46 bits per heavy atom. The minimum atomic E-state index is -0.494. The first-order valence-electron chi connectivity index (χ1n) is 11.6. The zero-order valence-electron chi connectivity index (χ0n) is 18.2. The number of aliphatic carboxylic acids is 1. The molecule has 0 aliphatic carbocycles. The van der Waals surface area contributed by atoms with Crippen molar-refractivity contribution in [2.24, 2.45) is 0 Å². The molecule has 0 aliphatic heterocycles. The maximum absolute atomic E-state index is 12.3. The molecule has 1 N–H and O–H groups in total. The smallest absolute Gasteiger partial charge is 0.330 e. The molecule has 6 heteroatoms. The third-order valence-corrected chi connectivity index (χ3v) is 17.8. The summed E-state index contributed by atoms with van der Waals surface area (Å²) in [4.78, 5) is 14.0. The second-order valence-corrected chi connectivity index (χ2v) is 18.7. The number of rotatable bonds is 18. The largest absolute Gasteiger partial charge is 0.478 e. The first-order valence-corrected chi connectivity index (χ1v) is 18.6. The second-order valence-electron chi connectivity index (χ2n) is 7.93. The lowest BCUT2D eigenvalue weighted by atomic mass is 10.3. The van der Waals surface area contributed by atoms with Crippen molar-refractivity contribution >= 4 is 44.0 Å². The van der Waals surface area contributed by atoms with E-state index in [1.807, 2.05) is 0 Å². The minimum absolute atomic E-state index is 0.236. The zero-order valence-corrected chi connectivity index (χ0v) is 23.9. The molecular weight excluding hydrogens is 385 g/mol. The molecule has 0 bridgehead atoms. The van der Waals surface area contributed by atoms with Gasteiger partial charge in [0.15, 0.2) is 0 Å². The molecule has 0 amide bonds. The summed E-state index contributed by atoms with van der Waals surface area (Å²) in [5.41, 5.74) is 1.06. The van der Waals surface area contributed by atoms with E-state index >= 15 is 0 Å². The van der Waals surface area contributed by atoms with Crippen LogP contribution >= 0.6 is 0 Å². The van der Waals surface area contributed by atoms with Crippen LogP contribution in [0.5, 0.6) is 0 Å². The van der Waals surface area contributed by atoms with Gasteiger partial charge >= 0.3 is 5.97 Å². The normalized spacial score (nSPS) is 14.0. The molecule has 154 valence electrons. The summed E-state index contributed by atoms with van der Waals surface area (Å²) in [5, 5.41) is 10.8. The predicted molar refractivity (Wildman–Crippen MR) is 131 cm³/mol. The molecule has 0 unspecified atom stereocenters. The predicted octanol–water partition coefficient (Wildman–Crippen LogP) is 3.58. The molecule has 0 radical (unpaired) electrons. The molecule has 0 saturated carbocycles. The molecule has 0 aromatic heterocycles. The van der Waals surface area contributed by atoms with E-state index in [1.165, 1.54) is 75.5 Å². The number of unbranched alkanes of at least 4 members (excludes halogenated alkanes) is 4. The van der Waals surface area contributed by atoms with E-state index in [-0.39, 0.29) is 38.1 Å². The molecule has 0 heterocycles. The van der Waals surface area contributed by atoms with Crippen molar-refractivity contribution in [3.05, 3.63) is 10.4 Å². The highest BCUT2D eigenvalue weighted by molar-refractivity contribution is 6.72. The summed E-state index contributed by atoms with van der Waals surface area (Å²) in [7, 11) is -1.07. The molecule has 2 nitrogen and oxygen atoms in total. The maximum Gasteiger partial charge on any atom is 0.330 e. The molecule has 0 spiro atoms. The van der Waals surface area contributed by atoms with Crippen LogP contribution in [0.4, 0.5) is 0 Å². The van der Waals surface area contributed by atoms with Crippen molar-refractivity contribution in [2.45, 2.75) is 108 Å². The van der Waals surface area contributed by atoms with Gasteiger partial charge in [0, 0.05) is 43.7 Å². The topological polar surface area (TPSA) is 37.3 Å². The van der Waals surface area contributed by atoms with Crippen LogP contribution < -0.4 is 0 Å². The highest BCUT2D eigenvalue weighted by atomic mass is 28.3. The van der Waals surface area contributed by atoms with Crippen LogP contribution in [0.2, 0.25) is 29.3 Å². The van der Waals surface area contributed by atoms with E-state index in [1.54, 1.807) is 4.82 Å². The van der Waals surface area contributed by atoms with Gasteiger partial charge in [-0.2, -0.15) is 0 Å². The first-order chi connectivity index (χ1) is 12.6. The van der Waals surface area contributed by atoms with Gasteiger partial charge in [-0.05, 0) is 5.16 Å². The van der Waals surface area contributed by atoms with E-state index in [0.29, 0.717) is 5.16 Å². The molecule has 0 atom stereocenters. The van der Waals surface area contributed by atoms with Gasteiger partial charge in [0.2, 0.25) is 0 Å². The molecule has 0 fully saturated rings. The molecule has 0 aromatic carbocycles. The van der Waals surface area contributed by atoms with E-state index in [4.69, 9.17) is 0 Å². The summed E-state index contributed by atoms with van der Waals surface area (Å²) in [6.07, 6.45) is 10.4. The monoisotopic (exact) mass is 430 g/mol. The summed E-state index contributed by atoms with van der Waals surface area (Å²) in [6.45, 7) is 9.07. The van der Waals surface area contributed by atoms with E-state index in [9.17, 15) is 9.90 Å². The van der Waals surface area contributed by atoms with Crippen LogP contribution in [0.15, 0.2) is 10.4 Å². The SMILES string of the molecule is CCCC[SiH2]C([SiH2]CCCC)=C(C(=O)O)C([SiH2]CCCC)[SiH2]CCCC. The van der Waals surface area contributed by atoms with Gasteiger partial charge in [-0.25, -0.2) is 4.79 Å². The van der Waals surface area contributed by atoms with Crippen LogP contribution in [-0.4, -0.2) is 49.2 Å². The second kappa shape index (κ2) is 18.4. The van der Waals surface area contributed by atoms with Gasteiger partial charge in [-0.15, -0.1) is 0 Å². The standard InChI is InChI=1S/C20H46O2Si4/c1-5-9-13-23-19(24-14-10-6-2)17(18(21)22)20(25-15-11-7-3)26-16-12-8-4/h19H,5-16,23-26H2,1-4H3,(H,21,22). The van der Waals surface area contributed by atoms with Crippen molar-refractivity contribution in [1.29, 1.82) is 0 Å². The van der Waals surface area contributed by atoms with Gasteiger partial charge in [0.05, 0.1) is 0 Å². The Kier molecular flexibility index (Phi) is 18.5. The van der Waals surface area contributed by atoms with Crippen molar-refractivity contribution in [3.8, 4) is 0 Å². The van der Waals surface area contributed by atoms with Crippen molar-refractivity contribution in [1.82, 2.24) is 0 Å². The van der Waals surface area contributed by atoms with Gasteiger partial charge in [-0.1, -0.05) is 108 Å². The molecular formula is C20H46O2Si4. The van der Waals surface area contributed by atoms with Crippen molar-refractivity contribution in [2.75, 3.05) is 0 Å². The third-order valence-electron chi connectivity index (χ3n) is 5.50. The summed E-state index contributed by atoms with van der Waals surface area (Å²) in [5.74, 6) is -0.494. The van der Waals surface area contributed by atoms with Gasteiger partial charge in [0.1, 0.15) is 0 Å². The van der Waals surface area contributed by atoms with Crippen LogP contribution in [0.25, 0.3) is 0 Å². The third kappa shape index (κ3) is 12.5. The van der Waals surface area contributed by atoms with Gasteiger partial charge in [-0.3, -0.25) is 0 Å². The van der Waals surface area contributed by atoms with E-state index in [0.717, 1.165) is 5.57 Å². The lowest BCUT2D eigenvalue weighted by Gasteiger charge is -2.21. The fourth-order valence-electron chi connectivity index (χ4n) is 3.90. The lowest BCUT2D eigenvalue weighted by Crippen LogP contribution is -2.24. The Balaban J connectivity index is 5.39. The Morgan fingerprint density at radius 1 is 0.731 bits per heavy atom. The minimum Gasteiger partial charge on any atom is -0.478 e. The molecule has 0 aliphatic rings. The Morgan fingerprint density at radius 2 is 1.12 bits per heavy atom. The number of hydrogen-bond donors (Lipinski definition) is 1. The molecule has 0 saturated heterocycles. The van der Waals surface area contributed by atoms with Gasteiger partial charge < -0.3 is 5.11 Å².